The van der Waals surface area contributed by atoms with Gasteiger partial charge >= 0.3 is 0 Å². The van der Waals surface area contributed by atoms with E-state index in [1.807, 2.05) is 24.3 Å². The number of fused-ring (bicyclic) bond motifs is 1. The van der Waals surface area contributed by atoms with E-state index in [0.29, 0.717) is 5.82 Å². The lowest BCUT2D eigenvalue weighted by atomic mass is 10.2. The monoisotopic (exact) mass is 383 g/mol. The summed E-state index contributed by atoms with van der Waals surface area (Å²) in [5, 5.41) is 0. The van der Waals surface area contributed by atoms with E-state index in [2.05, 4.69) is 49.1 Å². The number of hydrogen-bond acceptors (Lipinski definition) is 2. The summed E-state index contributed by atoms with van der Waals surface area (Å²) >= 11 is 3.45. The van der Waals surface area contributed by atoms with Crippen LogP contribution in [0.2, 0.25) is 0 Å². The molecular weight excluding hydrogens is 369 g/mol. The number of nitrogens with one attached hydrogen (secondary N) is 1. The van der Waals surface area contributed by atoms with Crippen molar-refractivity contribution in [1.29, 1.82) is 0 Å². The Labute approximate surface area is 148 Å². The minimum absolute atomic E-state index is 0.255. The highest BCUT2D eigenvalue weighted by atomic mass is 79.9. The summed E-state index contributed by atoms with van der Waals surface area (Å²) in [7, 11) is 0. The lowest BCUT2D eigenvalue weighted by Gasteiger charge is -2.23. The van der Waals surface area contributed by atoms with Crippen LogP contribution in [-0.2, 0) is 13.1 Å². The number of hydrogen-bond donors (Lipinski definition) is 1. The highest BCUT2D eigenvalue weighted by molar-refractivity contribution is 9.10. The Kier molecular flexibility index (Phi) is 3.94. The Morgan fingerprint density at radius 3 is 2.79 bits per heavy atom. The van der Waals surface area contributed by atoms with Crippen LogP contribution in [0.15, 0.2) is 59.2 Å². The van der Waals surface area contributed by atoms with Gasteiger partial charge in [-0.25, -0.2) is 9.37 Å². The number of aromatic amines is 1. The van der Waals surface area contributed by atoms with Crippen LogP contribution in [0.25, 0.3) is 17.5 Å². The second-order valence-corrected chi connectivity index (χ2v) is 6.72. The first-order valence-electron chi connectivity index (χ1n) is 7.69. The van der Waals surface area contributed by atoms with Crippen molar-refractivity contribution in [2.24, 2.45) is 0 Å². The Hall–Kier alpha value is -2.40. The zero-order valence-electron chi connectivity index (χ0n) is 12.8. The van der Waals surface area contributed by atoms with Gasteiger partial charge in [-0.2, -0.15) is 0 Å². The molecule has 0 radical (unpaired) electrons. The molecule has 3 aromatic rings. The smallest absolute Gasteiger partial charge is 0.138 e. The molecule has 0 fully saturated rings. The van der Waals surface area contributed by atoms with E-state index in [1.165, 1.54) is 17.7 Å². The lowest BCUT2D eigenvalue weighted by Crippen LogP contribution is -2.19. The van der Waals surface area contributed by atoms with Crippen molar-refractivity contribution >= 4 is 22.0 Å². The van der Waals surface area contributed by atoms with E-state index in [9.17, 15) is 4.39 Å². The van der Waals surface area contributed by atoms with Crippen molar-refractivity contribution in [2.45, 2.75) is 13.1 Å². The first-order valence-corrected chi connectivity index (χ1v) is 8.48. The van der Waals surface area contributed by atoms with E-state index >= 15 is 0 Å². The molecule has 1 aliphatic rings. The first kappa shape index (κ1) is 15.1. The van der Waals surface area contributed by atoms with Gasteiger partial charge in [-0.3, -0.25) is 0 Å². The SMILES string of the molecule is Fc1cccc(-c2nc3c([nH]2)CN(Cc2ccc(Br)cc2)C=C3)c1. The number of aromatic nitrogens is 2. The van der Waals surface area contributed by atoms with E-state index in [4.69, 9.17) is 0 Å². The van der Waals surface area contributed by atoms with Gasteiger partial charge in [0, 0.05) is 22.8 Å². The average molecular weight is 384 g/mol. The average Bonchev–Trinajstić information content (AvgIpc) is 3.00. The van der Waals surface area contributed by atoms with Crippen LogP contribution in [0.1, 0.15) is 17.0 Å². The summed E-state index contributed by atoms with van der Waals surface area (Å²) in [5.41, 5.74) is 3.98. The van der Waals surface area contributed by atoms with Crippen LogP contribution in [0.4, 0.5) is 4.39 Å². The van der Waals surface area contributed by atoms with Crippen molar-refractivity contribution in [1.82, 2.24) is 14.9 Å². The van der Waals surface area contributed by atoms with Crippen LogP contribution < -0.4 is 0 Å². The maximum absolute atomic E-state index is 13.4. The molecule has 0 unspecified atom stereocenters. The number of rotatable bonds is 3. The highest BCUT2D eigenvalue weighted by Gasteiger charge is 2.16. The van der Waals surface area contributed by atoms with Gasteiger partial charge in [0.15, 0.2) is 0 Å². The third-order valence-electron chi connectivity index (χ3n) is 4.01. The Balaban J connectivity index is 1.54. The number of nitrogens with zero attached hydrogens (tertiary/aromatic N) is 2. The minimum Gasteiger partial charge on any atom is -0.367 e. The van der Waals surface area contributed by atoms with Crippen molar-refractivity contribution < 1.29 is 4.39 Å². The molecule has 120 valence electrons. The number of benzene rings is 2. The maximum Gasteiger partial charge on any atom is 0.138 e. The normalized spacial score (nSPS) is 13.2. The molecule has 5 heteroatoms. The molecule has 0 aliphatic carbocycles. The summed E-state index contributed by atoms with van der Waals surface area (Å²) in [6.45, 7) is 1.59. The molecule has 3 nitrogen and oxygen atoms in total. The molecule has 0 saturated heterocycles. The molecular formula is C19H15BrFN3. The summed E-state index contributed by atoms with van der Waals surface area (Å²) < 4.78 is 14.5. The molecule has 0 saturated carbocycles. The van der Waals surface area contributed by atoms with Gasteiger partial charge in [-0.15, -0.1) is 0 Å². The predicted octanol–water partition coefficient (Wildman–Crippen LogP) is 4.96. The van der Waals surface area contributed by atoms with E-state index in [1.54, 1.807) is 6.07 Å². The molecule has 2 heterocycles. The Bertz CT molecular complexity index is 899. The van der Waals surface area contributed by atoms with Gasteiger partial charge in [-0.05, 0) is 35.9 Å². The van der Waals surface area contributed by atoms with Gasteiger partial charge in [0.2, 0.25) is 0 Å². The van der Waals surface area contributed by atoms with Crippen molar-refractivity contribution in [3.63, 3.8) is 0 Å². The third kappa shape index (κ3) is 3.12. The number of H-pyrrole nitrogens is 1. The number of imidazole rings is 1. The standard InChI is InChI=1S/C19H15BrFN3/c20-15-6-4-13(5-7-15)11-24-9-8-17-18(12-24)23-19(22-17)14-2-1-3-16(21)10-14/h1-10H,11-12H2,(H,22,23). The van der Waals surface area contributed by atoms with Gasteiger partial charge in [0.1, 0.15) is 11.6 Å². The molecule has 0 amide bonds. The second-order valence-electron chi connectivity index (χ2n) is 5.81. The fourth-order valence-corrected chi connectivity index (χ4v) is 3.08. The van der Waals surface area contributed by atoms with E-state index in [-0.39, 0.29) is 5.82 Å². The molecule has 1 aromatic heterocycles. The van der Waals surface area contributed by atoms with Crippen molar-refractivity contribution in [3.8, 4) is 11.4 Å². The van der Waals surface area contributed by atoms with Crippen LogP contribution in [0, 0.1) is 5.82 Å². The highest BCUT2D eigenvalue weighted by Crippen LogP contribution is 2.24. The minimum atomic E-state index is -0.255. The molecule has 0 atom stereocenters. The van der Waals surface area contributed by atoms with Crippen molar-refractivity contribution in [2.75, 3.05) is 0 Å². The van der Waals surface area contributed by atoms with Gasteiger partial charge in [0.25, 0.3) is 0 Å². The first-order chi connectivity index (χ1) is 11.7. The largest absolute Gasteiger partial charge is 0.367 e. The van der Waals surface area contributed by atoms with Crippen LogP contribution in [0.5, 0.6) is 0 Å². The molecule has 24 heavy (non-hydrogen) atoms. The zero-order valence-corrected chi connectivity index (χ0v) is 14.4. The maximum atomic E-state index is 13.4. The van der Waals surface area contributed by atoms with Crippen LogP contribution >= 0.6 is 15.9 Å². The predicted molar refractivity (Wildman–Crippen MR) is 96.4 cm³/mol. The topological polar surface area (TPSA) is 31.9 Å². The fraction of sp³-hybridized carbons (Fsp3) is 0.105. The van der Waals surface area contributed by atoms with Crippen LogP contribution in [0.3, 0.4) is 0 Å². The fourth-order valence-electron chi connectivity index (χ4n) is 2.82. The molecule has 1 N–H and O–H groups in total. The third-order valence-corrected chi connectivity index (χ3v) is 4.54. The Morgan fingerprint density at radius 1 is 1.17 bits per heavy atom. The number of halogens is 2. The summed E-state index contributed by atoms with van der Waals surface area (Å²) in [6.07, 6.45) is 4.05. The van der Waals surface area contributed by atoms with Crippen molar-refractivity contribution in [3.05, 3.63) is 82.0 Å². The lowest BCUT2D eigenvalue weighted by molar-refractivity contribution is 0.355. The summed E-state index contributed by atoms with van der Waals surface area (Å²) in [5.74, 6) is 0.448. The molecule has 0 bridgehead atoms. The molecule has 1 aliphatic heterocycles. The van der Waals surface area contributed by atoms with E-state index < -0.39 is 0 Å². The Morgan fingerprint density at radius 2 is 2.00 bits per heavy atom. The summed E-state index contributed by atoms with van der Waals surface area (Å²) in [4.78, 5) is 10.1. The molecule has 0 spiro atoms. The quantitative estimate of drug-likeness (QED) is 0.692. The van der Waals surface area contributed by atoms with Gasteiger partial charge < -0.3 is 9.88 Å². The van der Waals surface area contributed by atoms with Gasteiger partial charge in [0.05, 0.1) is 17.9 Å². The van der Waals surface area contributed by atoms with Gasteiger partial charge in [-0.1, -0.05) is 40.2 Å². The van der Waals surface area contributed by atoms with Crippen LogP contribution in [-0.4, -0.2) is 14.9 Å². The zero-order chi connectivity index (χ0) is 16.5. The van der Waals surface area contributed by atoms with E-state index in [0.717, 1.165) is 34.5 Å². The second kappa shape index (κ2) is 6.24. The molecule has 2 aromatic carbocycles. The molecule has 4 rings (SSSR count). The summed E-state index contributed by atoms with van der Waals surface area (Å²) in [6, 6.07) is 14.8.